The molecule has 1 N–H and O–H groups in total. The van der Waals surface area contributed by atoms with Gasteiger partial charge in [-0.15, -0.1) is 0 Å². The number of ketones is 1. The highest BCUT2D eigenvalue weighted by Crippen LogP contribution is 2.20. The fourth-order valence-electron chi connectivity index (χ4n) is 3.51. The number of nitrogens with one attached hydrogen (secondary N) is 1. The van der Waals surface area contributed by atoms with E-state index in [1.807, 2.05) is 12.1 Å². The van der Waals surface area contributed by atoms with E-state index in [0.717, 1.165) is 11.6 Å². The Labute approximate surface area is 169 Å². The highest BCUT2D eigenvalue weighted by molar-refractivity contribution is 7.91. The number of para-hydroxylation sites is 1. The van der Waals surface area contributed by atoms with Crippen LogP contribution in [-0.2, 0) is 19.4 Å². The van der Waals surface area contributed by atoms with Crippen molar-refractivity contribution in [1.29, 1.82) is 0 Å². The molecule has 0 aliphatic carbocycles. The van der Waals surface area contributed by atoms with Gasteiger partial charge in [-0.3, -0.25) is 14.4 Å². The summed E-state index contributed by atoms with van der Waals surface area (Å²) >= 11 is 0. The molecule has 1 aromatic carbocycles. The van der Waals surface area contributed by atoms with Gasteiger partial charge in [-0.25, -0.2) is 8.42 Å². The molecule has 0 radical (unpaired) electrons. The number of benzene rings is 1. The molecule has 3 rings (SSSR count). The van der Waals surface area contributed by atoms with Crippen LogP contribution in [0.1, 0.15) is 30.3 Å². The molecule has 1 aliphatic heterocycles. The third-order valence-electron chi connectivity index (χ3n) is 4.96. The predicted octanol–water partition coefficient (Wildman–Crippen LogP) is 1.40. The lowest BCUT2D eigenvalue weighted by Crippen LogP contribution is -2.51. The number of furan rings is 1. The molecule has 2 amide bonds. The van der Waals surface area contributed by atoms with Gasteiger partial charge in [0, 0.05) is 30.6 Å². The summed E-state index contributed by atoms with van der Waals surface area (Å²) in [7, 11) is -3.40. The minimum absolute atomic E-state index is 0.116. The second kappa shape index (κ2) is 8.36. The SMILES string of the molecule is C[C@@H](NC(=O)c1cc2ccccc2o1)C(=O)N1CCC[C@@H](C(=O)CS(C)(=O)=O)C1. The number of Topliss-reactive ketones (excluding diaryl/α,β-unsaturated/α-hetero) is 1. The predicted molar refractivity (Wildman–Crippen MR) is 107 cm³/mol. The summed E-state index contributed by atoms with van der Waals surface area (Å²) in [6.07, 6.45) is 2.18. The molecule has 1 saturated heterocycles. The van der Waals surface area contributed by atoms with Crippen LogP contribution in [0.25, 0.3) is 11.0 Å². The summed E-state index contributed by atoms with van der Waals surface area (Å²) in [4.78, 5) is 38.9. The Kier molecular flexibility index (Phi) is 6.07. The number of rotatable bonds is 6. The van der Waals surface area contributed by atoms with Gasteiger partial charge in [0.25, 0.3) is 5.91 Å². The maximum atomic E-state index is 12.7. The molecule has 0 unspecified atom stereocenters. The minimum Gasteiger partial charge on any atom is -0.451 e. The molecule has 2 heterocycles. The molecule has 0 spiro atoms. The van der Waals surface area contributed by atoms with Gasteiger partial charge in [0.2, 0.25) is 5.91 Å². The Bertz CT molecular complexity index is 1010. The molecule has 1 fully saturated rings. The lowest BCUT2D eigenvalue weighted by molar-refractivity contribution is -0.136. The van der Waals surface area contributed by atoms with Crippen LogP contribution in [0.4, 0.5) is 0 Å². The maximum Gasteiger partial charge on any atom is 0.287 e. The van der Waals surface area contributed by atoms with Crippen LogP contribution in [0.15, 0.2) is 34.7 Å². The summed E-state index contributed by atoms with van der Waals surface area (Å²) in [5, 5.41) is 3.42. The minimum atomic E-state index is -3.40. The van der Waals surface area contributed by atoms with Gasteiger partial charge >= 0.3 is 0 Å². The number of carbonyl (C=O) groups is 3. The van der Waals surface area contributed by atoms with E-state index >= 15 is 0 Å². The molecule has 0 bridgehead atoms. The number of nitrogens with zero attached hydrogens (tertiary/aromatic N) is 1. The fourth-order valence-corrected chi connectivity index (χ4v) is 4.27. The lowest BCUT2D eigenvalue weighted by atomic mass is 9.94. The van der Waals surface area contributed by atoms with Crippen LogP contribution in [0.2, 0.25) is 0 Å². The van der Waals surface area contributed by atoms with Crippen LogP contribution in [-0.4, -0.2) is 62.1 Å². The zero-order valence-electron chi connectivity index (χ0n) is 16.4. The van der Waals surface area contributed by atoms with Crippen molar-refractivity contribution in [3.63, 3.8) is 0 Å². The Morgan fingerprint density at radius 2 is 2.00 bits per heavy atom. The van der Waals surface area contributed by atoms with E-state index in [9.17, 15) is 22.8 Å². The zero-order valence-corrected chi connectivity index (χ0v) is 17.2. The molecule has 9 heteroatoms. The smallest absolute Gasteiger partial charge is 0.287 e. The number of piperidine rings is 1. The molecule has 1 aromatic heterocycles. The van der Waals surface area contributed by atoms with Crippen LogP contribution in [0, 0.1) is 5.92 Å². The first kappa shape index (κ1) is 21.0. The van der Waals surface area contributed by atoms with Gasteiger partial charge in [-0.2, -0.15) is 0 Å². The van der Waals surface area contributed by atoms with Crippen molar-refractivity contribution >= 4 is 38.4 Å². The average Bonchev–Trinajstić information content (AvgIpc) is 3.10. The van der Waals surface area contributed by atoms with Crippen molar-refractivity contribution in [3.05, 3.63) is 36.1 Å². The summed E-state index contributed by atoms with van der Waals surface area (Å²) in [6.45, 7) is 2.20. The molecule has 2 atom stereocenters. The lowest BCUT2D eigenvalue weighted by Gasteiger charge is -2.33. The highest BCUT2D eigenvalue weighted by atomic mass is 32.2. The Balaban J connectivity index is 1.61. The molecule has 156 valence electrons. The first-order chi connectivity index (χ1) is 13.6. The van der Waals surface area contributed by atoms with Gasteiger partial charge in [0.15, 0.2) is 21.4 Å². The van der Waals surface area contributed by atoms with Crippen molar-refractivity contribution in [1.82, 2.24) is 10.2 Å². The van der Waals surface area contributed by atoms with Crippen molar-refractivity contribution < 1.29 is 27.2 Å². The van der Waals surface area contributed by atoms with Crippen molar-refractivity contribution in [2.45, 2.75) is 25.8 Å². The maximum absolute atomic E-state index is 12.7. The number of sulfone groups is 1. The molecule has 2 aromatic rings. The largest absolute Gasteiger partial charge is 0.451 e. The molecule has 0 saturated carbocycles. The van der Waals surface area contributed by atoms with E-state index in [1.54, 1.807) is 25.1 Å². The number of fused-ring (bicyclic) bond motifs is 1. The van der Waals surface area contributed by atoms with Crippen molar-refractivity contribution in [3.8, 4) is 0 Å². The third kappa shape index (κ3) is 5.23. The molecular formula is C20H24N2O6S. The Morgan fingerprint density at radius 3 is 2.69 bits per heavy atom. The quantitative estimate of drug-likeness (QED) is 0.756. The summed E-state index contributed by atoms with van der Waals surface area (Å²) < 4.78 is 28.3. The molecular weight excluding hydrogens is 396 g/mol. The van der Waals surface area contributed by atoms with E-state index < -0.39 is 33.5 Å². The molecule has 8 nitrogen and oxygen atoms in total. The van der Waals surface area contributed by atoms with E-state index in [-0.39, 0.29) is 24.0 Å². The number of hydrogen-bond donors (Lipinski definition) is 1. The number of amides is 2. The van der Waals surface area contributed by atoms with Gasteiger partial charge in [0.1, 0.15) is 17.4 Å². The summed E-state index contributed by atoms with van der Waals surface area (Å²) in [5.41, 5.74) is 0.583. The van der Waals surface area contributed by atoms with E-state index in [0.29, 0.717) is 25.0 Å². The molecule has 29 heavy (non-hydrogen) atoms. The standard InChI is InChI=1S/C20H24N2O6S/c1-13(21-19(24)18-10-14-6-3-4-8-17(14)28-18)20(25)22-9-5-7-15(11-22)16(23)12-29(2,26)27/h3-4,6,8,10,13,15H,5,7,9,11-12H2,1-2H3,(H,21,24)/t13-,15-/m1/s1. The Hall–Kier alpha value is -2.68. The van der Waals surface area contributed by atoms with Crippen LogP contribution < -0.4 is 5.32 Å². The second-order valence-corrected chi connectivity index (χ2v) is 9.64. The van der Waals surface area contributed by atoms with Crippen LogP contribution >= 0.6 is 0 Å². The van der Waals surface area contributed by atoms with E-state index in [2.05, 4.69) is 5.32 Å². The zero-order chi connectivity index (χ0) is 21.2. The van der Waals surface area contributed by atoms with E-state index in [4.69, 9.17) is 4.42 Å². The van der Waals surface area contributed by atoms with Crippen LogP contribution in [0.5, 0.6) is 0 Å². The van der Waals surface area contributed by atoms with Gasteiger partial charge in [0.05, 0.1) is 0 Å². The number of likely N-dealkylation sites (tertiary alicyclic amines) is 1. The van der Waals surface area contributed by atoms with Crippen molar-refractivity contribution in [2.24, 2.45) is 5.92 Å². The molecule has 1 aliphatic rings. The fraction of sp³-hybridized carbons (Fsp3) is 0.450. The average molecular weight is 420 g/mol. The summed E-state index contributed by atoms with van der Waals surface area (Å²) in [5.74, 6) is -2.08. The van der Waals surface area contributed by atoms with Gasteiger partial charge in [-0.05, 0) is 31.9 Å². The number of carbonyl (C=O) groups excluding carboxylic acids is 3. The normalized spacial score (nSPS) is 18.4. The van der Waals surface area contributed by atoms with Gasteiger partial charge < -0.3 is 14.6 Å². The third-order valence-corrected chi connectivity index (χ3v) is 5.77. The van der Waals surface area contributed by atoms with E-state index in [1.165, 1.54) is 4.90 Å². The first-order valence-corrected chi connectivity index (χ1v) is 11.5. The monoisotopic (exact) mass is 420 g/mol. The number of hydrogen-bond acceptors (Lipinski definition) is 6. The van der Waals surface area contributed by atoms with Crippen molar-refractivity contribution in [2.75, 3.05) is 25.1 Å². The highest BCUT2D eigenvalue weighted by Gasteiger charge is 2.32. The summed E-state index contributed by atoms with van der Waals surface area (Å²) in [6, 6.07) is 8.02. The second-order valence-electron chi connectivity index (χ2n) is 7.50. The van der Waals surface area contributed by atoms with Crippen LogP contribution in [0.3, 0.4) is 0 Å². The first-order valence-electron chi connectivity index (χ1n) is 9.43. The topological polar surface area (TPSA) is 114 Å². The van der Waals surface area contributed by atoms with Gasteiger partial charge in [-0.1, -0.05) is 18.2 Å². The Morgan fingerprint density at radius 1 is 1.28 bits per heavy atom.